The lowest BCUT2D eigenvalue weighted by atomic mass is 10.1. The van der Waals surface area contributed by atoms with Crippen molar-refractivity contribution in [1.29, 1.82) is 0 Å². The molecule has 0 fully saturated rings. The molecule has 0 unspecified atom stereocenters. The molecular formula is C28H26BrClN4O4. The van der Waals surface area contributed by atoms with Gasteiger partial charge < -0.3 is 14.8 Å². The monoisotopic (exact) mass is 596 g/mol. The normalized spacial score (nSPS) is 12.0. The quantitative estimate of drug-likeness (QED) is 0.231. The van der Waals surface area contributed by atoms with Crippen LogP contribution in [0.5, 0.6) is 11.5 Å². The number of hydrogen-bond acceptors (Lipinski definition) is 6. The summed E-state index contributed by atoms with van der Waals surface area (Å²) in [6.07, 6.45) is 2.22. The lowest BCUT2D eigenvalue weighted by Gasteiger charge is -2.15. The fraction of sp³-hybridized carbons (Fsp3) is 0.214. The van der Waals surface area contributed by atoms with Crippen molar-refractivity contribution in [3.05, 3.63) is 91.9 Å². The zero-order chi connectivity index (χ0) is 27.2. The largest absolute Gasteiger partial charge is 0.493 e. The van der Waals surface area contributed by atoms with Gasteiger partial charge in [0.1, 0.15) is 5.82 Å². The molecule has 10 heteroatoms. The topological polar surface area (TPSA) is 94.8 Å². The predicted octanol–water partition coefficient (Wildman–Crippen LogP) is 6.23. The number of fused-ring (bicyclic) bond motifs is 1. The summed E-state index contributed by atoms with van der Waals surface area (Å²) in [5.74, 6) is 0.733. The average molecular weight is 598 g/mol. The predicted molar refractivity (Wildman–Crippen MR) is 154 cm³/mol. The summed E-state index contributed by atoms with van der Waals surface area (Å²) in [7, 11) is 1.47. The van der Waals surface area contributed by atoms with Gasteiger partial charge in [-0.15, -0.1) is 0 Å². The molecule has 1 heterocycles. The highest BCUT2D eigenvalue weighted by Gasteiger charge is 2.17. The van der Waals surface area contributed by atoms with E-state index in [-0.39, 0.29) is 29.7 Å². The number of para-hydroxylation sites is 1. The number of aromatic nitrogens is 2. The van der Waals surface area contributed by atoms with Crippen LogP contribution in [0, 0.1) is 0 Å². The fourth-order valence-electron chi connectivity index (χ4n) is 3.75. The minimum atomic E-state index is -0.351. The Bertz CT molecular complexity index is 1560. The first kappa shape index (κ1) is 27.3. The summed E-state index contributed by atoms with van der Waals surface area (Å²) in [6.45, 7) is 3.73. The highest BCUT2D eigenvalue weighted by molar-refractivity contribution is 9.10. The van der Waals surface area contributed by atoms with Crippen LogP contribution in [0.4, 0.5) is 5.69 Å². The molecule has 0 saturated carbocycles. The number of halogens is 2. The van der Waals surface area contributed by atoms with E-state index in [2.05, 4.69) is 26.3 Å². The number of nitrogens with one attached hydrogen (secondary N) is 1. The van der Waals surface area contributed by atoms with E-state index in [1.54, 1.807) is 36.4 Å². The lowest BCUT2D eigenvalue weighted by molar-refractivity contribution is -0.118. The second-order valence-corrected chi connectivity index (χ2v) is 9.88. The van der Waals surface area contributed by atoms with Gasteiger partial charge in [-0.05, 0) is 42.8 Å². The van der Waals surface area contributed by atoms with Crippen LogP contribution in [0.25, 0.3) is 10.9 Å². The van der Waals surface area contributed by atoms with Gasteiger partial charge in [0, 0.05) is 32.7 Å². The molecule has 1 aromatic heterocycles. The summed E-state index contributed by atoms with van der Waals surface area (Å²) in [4.78, 5) is 30.7. The van der Waals surface area contributed by atoms with E-state index in [4.69, 9.17) is 26.1 Å². The van der Waals surface area contributed by atoms with E-state index < -0.39 is 0 Å². The van der Waals surface area contributed by atoms with Crippen LogP contribution in [-0.4, -0.2) is 35.5 Å². The van der Waals surface area contributed by atoms with Gasteiger partial charge in [-0.25, -0.2) is 4.98 Å². The Morgan fingerprint density at radius 3 is 2.68 bits per heavy atom. The third-order valence-electron chi connectivity index (χ3n) is 5.87. The molecule has 3 aromatic carbocycles. The smallest absolute Gasteiger partial charge is 0.282 e. The van der Waals surface area contributed by atoms with Gasteiger partial charge in [-0.3, -0.25) is 9.59 Å². The Morgan fingerprint density at radius 2 is 1.97 bits per heavy atom. The van der Waals surface area contributed by atoms with Crippen LogP contribution in [0.1, 0.15) is 37.6 Å². The van der Waals surface area contributed by atoms with Gasteiger partial charge in [-0.2, -0.15) is 9.78 Å². The molecule has 4 aromatic rings. The summed E-state index contributed by atoms with van der Waals surface area (Å²) < 4.78 is 13.4. The molecule has 0 radical (unpaired) electrons. The summed E-state index contributed by atoms with van der Waals surface area (Å²) in [5, 5.41) is 8.08. The van der Waals surface area contributed by atoms with Gasteiger partial charge in [0.05, 0.1) is 24.2 Å². The van der Waals surface area contributed by atoms with Crippen molar-refractivity contribution in [2.24, 2.45) is 5.10 Å². The molecule has 1 N–H and O–H groups in total. The number of carbonyl (C=O) groups excluding carboxylic acids is 1. The van der Waals surface area contributed by atoms with Gasteiger partial charge in [0.25, 0.3) is 11.5 Å². The van der Waals surface area contributed by atoms with E-state index in [1.165, 1.54) is 18.0 Å². The zero-order valence-corrected chi connectivity index (χ0v) is 23.4. The first-order chi connectivity index (χ1) is 18.3. The van der Waals surface area contributed by atoms with Crippen molar-refractivity contribution in [2.75, 3.05) is 19.0 Å². The first-order valence-electron chi connectivity index (χ1n) is 11.9. The van der Waals surface area contributed by atoms with Crippen molar-refractivity contribution in [1.82, 2.24) is 9.66 Å². The molecule has 0 aliphatic carbocycles. The molecule has 4 rings (SSSR count). The van der Waals surface area contributed by atoms with E-state index in [0.29, 0.717) is 38.8 Å². The summed E-state index contributed by atoms with van der Waals surface area (Å²) in [5.41, 5.74) is 1.37. The standard InChI is InChI=1S/C28H26BrClN4O4/c1-4-17(2)27-33-23-11-10-19(29)13-22(23)28(36)34(27)31-15-18-12-20(30)14-24(37-3)26(18)38-16-25(35)32-21-8-6-5-7-9-21/h5-15,17H,4,16H2,1-3H3,(H,32,35)/t17-/m0/s1. The van der Waals surface area contributed by atoms with Crippen LogP contribution in [0.3, 0.4) is 0 Å². The minimum absolute atomic E-state index is 0.0285. The summed E-state index contributed by atoms with van der Waals surface area (Å²) >= 11 is 9.74. The van der Waals surface area contributed by atoms with Gasteiger partial charge >= 0.3 is 0 Å². The van der Waals surface area contributed by atoms with Crippen LogP contribution >= 0.6 is 27.5 Å². The Kier molecular flexibility index (Phi) is 8.81. The molecule has 0 aliphatic rings. The molecule has 8 nitrogen and oxygen atoms in total. The lowest BCUT2D eigenvalue weighted by Crippen LogP contribution is -2.24. The third-order valence-corrected chi connectivity index (χ3v) is 6.58. The number of carbonyl (C=O) groups is 1. The highest BCUT2D eigenvalue weighted by atomic mass is 79.9. The second-order valence-electron chi connectivity index (χ2n) is 8.53. The van der Waals surface area contributed by atoms with Crippen molar-refractivity contribution in [2.45, 2.75) is 26.2 Å². The van der Waals surface area contributed by atoms with Crippen molar-refractivity contribution in [3.8, 4) is 11.5 Å². The summed E-state index contributed by atoms with van der Waals surface area (Å²) in [6, 6.07) is 17.6. The maximum atomic E-state index is 13.5. The van der Waals surface area contributed by atoms with Gasteiger partial charge in [0.15, 0.2) is 18.1 Å². The number of benzene rings is 3. The molecule has 0 bridgehead atoms. The van der Waals surface area contributed by atoms with Crippen LogP contribution < -0.4 is 20.3 Å². The Labute approximate surface area is 233 Å². The molecule has 0 spiro atoms. The number of ether oxygens (including phenoxy) is 2. The number of methoxy groups -OCH3 is 1. The number of rotatable bonds is 9. The second kappa shape index (κ2) is 12.2. The van der Waals surface area contributed by atoms with Crippen LogP contribution in [-0.2, 0) is 4.79 Å². The molecular weight excluding hydrogens is 572 g/mol. The van der Waals surface area contributed by atoms with E-state index >= 15 is 0 Å². The SMILES string of the molecule is CC[C@H](C)c1nc2ccc(Br)cc2c(=O)n1N=Cc1cc(Cl)cc(OC)c1OCC(=O)Nc1ccccc1. The highest BCUT2D eigenvalue weighted by Crippen LogP contribution is 2.34. The zero-order valence-electron chi connectivity index (χ0n) is 21.1. The number of nitrogens with zero attached hydrogens (tertiary/aromatic N) is 3. The molecule has 38 heavy (non-hydrogen) atoms. The Balaban J connectivity index is 1.72. The Hall–Kier alpha value is -3.69. The van der Waals surface area contributed by atoms with E-state index in [9.17, 15) is 9.59 Å². The van der Waals surface area contributed by atoms with Crippen molar-refractivity contribution < 1.29 is 14.3 Å². The van der Waals surface area contributed by atoms with E-state index in [0.717, 1.165) is 10.9 Å². The maximum Gasteiger partial charge on any atom is 0.282 e. The van der Waals surface area contributed by atoms with Gasteiger partial charge in [-0.1, -0.05) is 59.6 Å². The third kappa shape index (κ3) is 6.23. The Morgan fingerprint density at radius 1 is 1.21 bits per heavy atom. The molecule has 1 amide bonds. The molecule has 196 valence electrons. The van der Waals surface area contributed by atoms with Crippen LogP contribution in [0.15, 0.2) is 75.0 Å². The van der Waals surface area contributed by atoms with Crippen molar-refractivity contribution >= 4 is 56.2 Å². The number of anilines is 1. The maximum absolute atomic E-state index is 13.5. The average Bonchev–Trinajstić information content (AvgIpc) is 2.91. The molecule has 1 atom stereocenters. The fourth-order valence-corrected chi connectivity index (χ4v) is 4.32. The minimum Gasteiger partial charge on any atom is -0.493 e. The number of hydrogen-bond donors (Lipinski definition) is 1. The molecule has 0 aliphatic heterocycles. The molecule has 0 saturated heterocycles. The van der Waals surface area contributed by atoms with Crippen LogP contribution in [0.2, 0.25) is 5.02 Å². The van der Waals surface area contributed by atoms with E-state index in [1.807, 2.05) is 38.1 Å². The van der Waals surface area contributed by atoms with Crippen molar-refractivity contribution in [3.63, 3.8) is 0 Å². The van der Waals surface area contributed by atoms with Gasteiger partial charge in [0.2, 0.25) is 0 Å². The first-order valence-corrected chi connectivity index (χ1v) is 13.1. The number of amides is 1.